The van der Waals surface area contributed by atoms with Gasteiger partial charge in [0.05, 0.1) is 11.5 Å². The predicted octanol–water partition coefficient (Wildman–Crippen LogP) is 5.48. The Labute approximate surface area is 161 Å². The third-order valence-electron chi connectivity index (χ3n) is 3.91. The lowest BCUT2D eigenvalue weighted by Gasteiger charge is -2.09. The van der Waals surface area contributed by atoms with E-state index >= 15 is 0 Å². The Kier molecular flexibility index (Phi) is 5.08. The van der Waals surface area contributed by atoms with Gasteiger partial charge in [-0.2, -0.15) is 0 Å². The first-order valence-corrected chi connectivity index (χ1v) is 8.78. The lowest BCUT2D eigenvalue weighted by Crippen LogP contribution is -2.14. The first-order chi connectivity index (χ1) is 12.3. The van der Waals surface area contributed by atoms with Crippen molar-refractivity contribution in [1.82, 2.24) is 0 Å². The normalized spacial score (nSPS) is 14.5. The van der Waals surface area contributed by atoms with Gasteiger partial charge in [0.15, 0.2) is 5.76 Å². The number of allylic oxidation sites excluding steroid dienone is 1. The Morgan fingerprint density at radius 3 is 2.46 bits per heavy atom. The highest BCUT2D eigenvalue weighted by atomic mass is 35.5. The maximum Gasteiger partial charge on any atom is 0.313 e. The van der Waals surface area contributed by atoms with E-state index in [4.69, 9.17) is 32.7 Å². The molecule has 1 heterocycles. The van der Waals surface area contributed by atoms with Crippen molar-refractivity contribution in [3.8, 4) is 11.5 Å². The summed E-state index contributed by atoms with van der Waals surface area (Å²) in [5.41, 5.74) is 1.60. The second-order valence-corrected chi connectivity index (χ2v) is 7.08. The van der Waals surface area contributed by atoms with E-state index in [0.29, 0.717) is 38.2 Å². The van der Waals surface area contributed by atoms with E-state index in [1.165, 1.54) is 12.1 Å². The van der Waals surface area contributed by atoms with E-state index in [-0.39, 0.29) is 23.4 Å². The van der Waals surface area contributed by atoms with Gasteiger partial charge in [0.1, 0.15) is 11.5 Å². The summed E-state index contributed by atoms with van der Waals surface area (Å²) in [4.78, 5) is 24.5. The third kappa shape index (κ3) is 3.48. The Morgan fingerprint density at radius 2 is 1.85 bits per heavy atom. The largest absolute Gasteiger partial charge is 0.452 e. The molecule has 0 N–H and O–H groups in total. The average molecular weight is 391 g/mol. The molecular weight excluding hydrogens is 375 g/mol. The Balaban J connectivity index is 1.97. The number of ketones is 1. The Morgan fingerprint density at radius 1 is 1.19 bits per heavy atom. The second-order valence-electron chi connectivity index (χ2n) is 6.26. The molecule has 0 bridgehead atoms. The molecule has 0 aromatic heterocycles. The quantitative estimate of drug-likeness (QED) is 0.395. The van der Waals surface area contributed by atoms with Crippen LogP contribution in [0.25, 0.3) is 6.08 Å². The van der Waals surface area contributed by atoms with Crippen LogP contribution in [-0.4, -0.2) is 11.8 Å². The number of benzene rings is 2. The fourth-order valence-electron chi connectivity index (χ4n) is 2.55. The molecule has 2 aromatic rings. The van der Waals surface area contributed by atoms with Crippen molar-refractivity contribution < 1.29 is 19.1 Å². The fraction of sp³-hybridized carbons (Fsp3) is 0.200. The summed E-state index contributed by atoms with van der Waals surface area (Å²) in [6, 6.07) is 8.27. The van der Waals surface area contributed by atoms with Gasteiger partial charge in [-0.1, -0.05) is 43.1 Å². The van der Waals surface area contributed by atoms with Crippen LogP contribution in [0.3, 0.4) is 0 Å². The van der Waals surface area contributed by atoms with Gasteiger partial charge in [-0.05, 0) is 36.8 Å². The number of aryl methyl sites for hydroxylation is 1. The van der Waals surface area contributed by atoms with Crippen LogP contribution in [0.5, 0.6) is 11.5 Å². The molecule has 26 heavy (non-hydrogen) atoms. The third-order valence-corrected chi connectivity index (χ3v) is 4.57. The molecule has 0 saturated carbocycles. The molecule has 0 unspecified atom stereocenters. The molecule has 134 valence electrons. The van der Waals surface area contributed by atoms with Crippen LogP contribution in [0, 0.1) is 12.8 Å². The number of esters is 1. The van der Waals surface area contributed by atoms with Gasteiger partial charge in [-0.3, -0.25) is 9.59 Å². The van der Waals surface area contributed by atoms with Gasteiger partial charge >= 0.3 is 5.97 Å². The van der Waals surface area contributed by atoms with Crippen molar-refractivity contribution >= 4 is 41.0 Å². The molecule has 0 atom stereocenters. The van der Waals surface area contributed by atoms with E-state index in [1.807, 2.05) is 0 Å². The van der Waals surface area contributed by atoms with E-state index in [1.54, 1.807) is 45.0 Å². The monoisotopic (exact) mass is 390 g/mol. The smallest absolute Gasteiger partial charge is 0.313 e. The van der Waals surface area contributed by atoms with Crippen molar-refractivity contribution in [2.75, 3.05) is 0 Å². The summed E-state index contributed by atoms with van der Waals surface area (Å²) in [7, 11) is 0. The molecule has 0 spiro atoms. The van der Waals surface area contributed by atoms with Crippen LogP contribution in [-0.2, 0) is 4.79 Å². The minimum Gasteiger partial charge on any atom is -0.452 e. The van der Waals surface area contributed by atoms with Gasteiger partial charge in [-0.25, -0.2) is 0 Å². The van der Waals surface area contributed by atoms with Crippen molar-refractivity contribution in [2.45, 2.75) is 20.8 Å². The summed E-state index contributed by atoms with van der Waals surface area (Å²) >= 11 is 12.3. The highest BCUT2D eigenvalue weighted by molar-refractivity contribution is 6.37. The summed E-state index contributed by atoms with van der Waals surface area (Å²) in [5.74, 6) is -0.0855. The maximum atomic E-state index is 12.7. The number of fused-ring (bicyclic) bond motifs is 1. The first kappa shape index (κ1) is 18.5. The molecule has 1 aliphatic heterocycles. The number of Topliss-reactive ketones (excluding diaryl/α,β-unsaturated/α-hetero) is 1. The van der Waals surface area contributed by atoms with Gasteiger partial charge in [0.2, 0.25) is 5.78 Å². The van der Waals surface area contributed by atoms with Crippen molar-refractivity contribution in [1.29, 1.82) is 0 Å². The molecule has 0 radical (unpaired) electrons. The molecule has 1 aliphatic rings. The van der Waals surface area contributed by atoms with Gasteiger partial charge < -0.3 is 9.47 Å². The van der Waals surface area contributed by atoms with Crippen molar-refractivity contribution in [3.63, 3.8) is 0 Å². The lowest BCUT2D eigenvalue weighted by molar-refractivity contribution is -0.137. The zero-order valence-corrected chi connectivity index (χ0v) is 15.9. The molecule has 2 aromatic carbocycles. The minimum absolute atomic E-state index is 0.116. The zero-order valence-electron chi connectivity index (χ0n) is 14.4. The number of hydrogen-bond acceptors (Lipinski definition) is 4. The highest BCUT2D eigenvalue weighted by Gasteiger charge is 2.30. The van der Waals surface area contributed by atoms with E-state index in [0.717, 1.165) is 0 Å². The topological polar surface area (TPSA) is 52.6 Å². The minimum atomic E-state index is -0.354. The number of hydrogen-bond donors (Lipinski definition) is 0. The van der Waals surface area contributed by atoms with Crippen molar-refractivity contribution in [2.24, 2.45) is 5.92 Å². The van der Waals surface area contributed by atoms with Crippen LogP contribution >= 0.6 is 23.2 Å². The summed E-state index contributed by atoms with van der Waals surface area (Å²) in [6.45, 7) is 5.26. The highest BCUT2D eigenvalue weighted by Crippen LogP contribution is 2.38. The predicted molar refractivity (Wildman–Crippen MR) is 101 cm³/mol. The lowest BCUT2D eigenvalue weighted by atomic mass is 10.0. The number of ether oxygens (including phenoxy) is 2. The van der Waals surface area contributed by atoms with Crippen LogP contribution in [0.1, 0.15) is 35.3 Å². The van der Waals surface area contributed by atoms with E-state index in [9.17, 15) is 9.59 Å². The molecule has 0 amide bonds. The van der Waals surface area contributed by atoms with E-state index < -0.39 is 0 Å². The van der Waals surface area contributed by atoms with Crippen LogP contribution in [0.15, 0.2) is 36.1 Å². The number of halogens is 2. The standard InChI is InChI=1S/C20H16Cl2O4/c1-10(2)20(24)25-12-7-11(3)18-16(8-12)26-17(19(18)23)9-13-14(21)5-4-6-15(13)22/h4-10H,1-3H3/b17-9-. The number of carbonyl (C=O) groups is 2. The Hall–Kier alpha value is -2.30. The fourth-order valence-corrected chi connectivity index (χ4v) is 3.06. The first-order valence-electron chi connectivity index (χ1n) is 8.02. The molecule has 3 rings (SSSR count). The maximum absolute atomic E-state index is 12.7. The molecule has 0 fully saturated rings. The SMILES string of the molecule is Cc1cc(OC(=O)C(C)C)cc2c1C(=O)/C(=C/c1c(Cl)cccc1Cl)O2. The van der Waals surface area contributed by atoms with Crippen LogP contribution in [0.2, 0.25) is 10.0 Å². The second kappa shape index (κ2) is 7.14. The molecule has 0 aliphatic carbocycles. The number of rotatable bonds is 3. The molecular formula is C20H16Cl2O4. The average Bonchev–Trinajstić information content (AvgIpc) is 2.87. The van der Waals surface area contributed by atoms with E-state index in [2.05, 4.69) is 0 Å². The number of carbonyl (C=O) groups excluding carboxylic acids is 2. The summed E-state index contributed by atoms with van der Waals surface area (Å²) in [5, 5.41) is 0.835. The van der Waals surface area contributed by atoms with Gasteiger partial charge in [0.25, 0.3) is 0 Å². The summed E-state index contributed by atoms with van der Waals surface area (Å²) in [6.07, 6.45) is 1.52. The molecule has 4 nitrogen and oxygen atoms in total. The van der Waals surface area contributed by atoms with Gasteiger partial charge in [0, 0.05) is 21.7 Å². The summed E-state index contributed by atoms with van der Waals surface area (Å²) < 4.78 is 11.0. The Bertz CT molecular complexity index is 925. The van der Waals surface area contributed by atoms with Crippen LogP contribution in [0.4, 0.5) is 0 Å². The van der Waals surface area contributed by atoms with Crippen LogP contribution < -0.4 is 9.47 Å². The van der Waals surface area contributed by atoms with Gasteiger partial charge in [-0.15, -0.1) is 0 Å². The van der Waals surface area contributed by atoms with Crippen molar-refractivity contribution in [3.05, 3.63) is 62.8 Å². The molecule has 6 heteroatoms. The molecule has 0 saturated heterocycles. The zero-order chi connectivity index (χ0) is 19.0.